The number of ether oxygens (including phenoxy) is 1. The maximum Gasteiger partial charge on any atom is 0.170 e. The third kappa shape index (κ3) is 3.71. The number of oxime groups is 1. The van der Waals surface area contributed by atoms with Gasteiger partial charge in [0.15, 0.2) is 5.84 Å². The molecule has 3 N–H and O–H groups in total. The van der Waals surface area contributed by atoms with Gasteiger partial charge < -0.3 is 15.7 Å². The second kappa shape index (κ2) is 6.58. The lowest BCUT2D eigenvalue weighted by Crippen LogP contribution is -2.13. The van der Waals surface area contributed by atoms with Gasteiger partial charge in [0.25, 0.3) is 0 Å². The molecule has 100 valence electrons. The molecule has 0 spiro atoms. The number of thiophene rings is 1. The van der Waals surface area contributed by atoms with Gasteiger partial charge in [-0.1, -0.05) is 11.2 Å². The Hall–Kier alpha value is -1.53. The lowest BCUT2D eigenvalue weighted by atomic mass is 10.2. The summed E-state index contributed by atoms with van der Waals surface area (Å²) in [5.74, 6) is 0.817. The fraction of sp³-hybridized carbons (Fsp3) is 0.154. The summed E-state index contributed by atoms with van der Waals surface area (Å²) in [6.07, 6.45) is 0.881. The van der Waals surface area contributed by atoms with Gasteiger partial charge in [-0.25, -0.2) is 0 Å². The number of hydrogen-bond acceptors (Lipinski definition) is 4. The number of benzene rings is 1. The van der Waals surface area contributed by atoms with E-state index in [4.69, 9.17) is 15.7 Å². The fourth-order valence-corrected chi connectivity index (χ4v) is 2.73. The molecule has 0 amide bonds. The SMILES string of the molecule is N/C(=N/O)c1ccc(OCCc2cccs2)c(Br)c1. The predicted molar refractivity (Wildman–Crippen MR) is 80.2 cm³/mol. The van der Waals surface area contributed by atoms with Gasteiger partial charge in [0.2, 0.25) is 0 Å². The molecular formula is C13H13BrN2O2S. The van der Waals surface area contributed by atoms with Crippen molar-refractivity contribution in [2.75, 3.05) is 6.61 Å². The number of halogens is 1. The molecule has 1 heterocycles. The Labute approximate surface area is 123 Å². The van der Waals surface area contributed by atoms with Crippen molar-refractivity contribution in [2.24, 2.45) is 10.9 Å². The van der Waals surface area contributed by atoms with E-state index >= 15 is 0 Å². The van der Waals surface area contributed by atoms with E-state index in [0.717, 1.165) is 16.6 Å². The average molecular weight is 341 g/mol. The largest absolute Gasteiger partial charge is 0.492 e. The first-order valence-electron chi connectivity index (χ1n) is 5.63. The molecule has 0 saturated carbocycles. The van der Waals surface area contributed by atoms with E-state index < -0.39 is 0 Å². The standard InChI is InChI=1S/C13H13BrN2O2S/c14-11-8-9(13(15)16-17)3-4-12(11)18-6-5-10-2-1-7-19-10/h1-4,7-8,17H,5-6H2,(H2,15,16). The van der Waals surface area contributed by atoms with E-state index in [1.807, 2.05) is 6.07 Å². The average Bonchev–Trinajstić information content (AvgIpc) is 2.93. The molecule has 0 fully saturated rings. The maximum absolute atomic E-state index is 8.61. The second-order valence-corrected chi connectivity index (χ2v) is 5.69. The molecule has 19 heavy (non-hydrogen) atoms. The number of amidine groups is 1. The Bertz CT molecular complexity index is 570. The van der Waals surface area contributed by atoms with E-state index in [1.165, 1.54) is 4.88 Å². The highest BCUT2D eigenvalue weighted by molar-refractivity contribution is 9.10. The Morgan fingerprint density at radius 2 is 2.26 bits per heavy atom. The molecule has 0 aliphatic carbocycles. The molecule has 1 aromatic carbocycles. The van der Waals surface area contributed by atoms with Crippen LogP contribution in [0.15, 0.2) is 45.3 Å². The minimum Gasteiger partial charge on any atom is -0.492 e. The third-order valence-corrected chi connectivity index (χ3v) is 4.08. The predicted octanol–water partition coefficient (Wildman–Crippen LogP) is 3.23. The van der Waals surface area contributed by atoms with Crippen LogP contribution in [0.2, 0.25) is 0 Å². The summed E-state index contributed by atoms with van der Waals surface area (Å²) in [4.78, 5) is 1.30. The fourth-order valence-electron chi connectivity index (χ4n) is 1.55. The minimum absolute atomic E-state index is 0.0748. The summed E-state index contributed by atoms with van der Waals surface area (Å²) < 4.78 is 6.48. The smallest absolute Gasteiger partial charge is 0.170 e. The van der Waals surface area contributed by atoms with E-state index in [-0.39, 0.29) is 5.84 Å². The molecule has 6 heteroatoms. The third-order valence-electron chi connectivity index (χ3n) is 2.52. The van der Waals surface area contributed by atoms with Crippen LogP contribution in [0.5, 0.6) is 5.75 Å². The second-order valence-electron chi connectivity index (χ2n) is 3.81. The van der Waals surface area contributed by atoms with E-state index in [2.05, 4.69) is 32.5 Å². The monoisotopic (exact) mass is 340 g/mol. The zero-order chi connectivity index (χ0) is 13.7. The van der Waals surface area contributed by atoms with Gasteiger partial charge >= 0.3 is 0 Å². The van der Waals surface area contributed by atoms with Gasteiger partial charge in [-0.05, 0) is 45.6 Å². The summed E-state index contributed by atoms with van der Waals surface area (Å²) in [6.45, 7) is 0.613. The molecular weight excluding hydrogens is 328 g/mol. The molecule has 2 rings (SSSR count). The van der Waals surface area contributed by atoms with Gasteiger partial charge in [0.1, 0.15) is 5.75 Å². The van der Waals surface area contributed by atoms with E-state index in [0.29, 0.717) is 12.2 Å². The zero-order valence-corrected chi connectivity index (χ0v) is 12.4. The molecule has 0 aliphatic rings. The quantitative estimate of drug-likeness (QED) is 0.380. The highest BCUT2D eigenvalue weighted by Gasteiger charge is 2.06. The number of rotatable bonds is 5. The first-order chi connectivity index (χ1) is 9.20. The Balaban J connectivity index is 1.97. The lowest BCUT2D eigenvalue weighted by Gasteiger charge is -2.08. The molecule has 0 unspecified atom stereocenters. The highest BCUT2D eigenvalue weighted by atomic mass is 79.9. The molecule has 0 radical (unpaired) electrons. The first-order valence-corrected chi connectivity index (χ1v) is 7.30. The topological polar surface area (TPSA) is 67.8 Å². The van der Waals surface area contributed by atoms with Gasteiger partial charge in [-0.2, -0.15) is 0 Å². The molecule has 2 aromatic rings. The van der Waals surface area contributed by atoms with Crippen LogP contribution in [0, 0.1) is 0 Å². The first kappa shape index (κ1) is 13.9. The van der Waals surface area contributed by atoms with E-state index in [1.54, 1.807) is 29.5 Å². The van der Waals surface area contributed by atoms with Gasteiger partial charge in [-0.3, -0.25) is 0 Å². The highest BCUT2D eigenvalue weighted by Crippen LogP contribution is 2.26. The van der Waals surface area contributed by atoms with E-state index in [9.17, 15) is 0 Å². The van der Waals surface area contributed by atoms with Gasteiger partial charge in [0.05, 0.1) is 11.1 Å². The van der Waals surface area contributed by atoms with Crippen LogP contribution in [-0.4, -0.2) is 17.6 Å². The number of nitrogens with zero attached hydrogens (tertiary/aromatic N) is 1. The van der Waals surface area contributed by atoms with Crippen molar-refractivity contribution < 1.29 is 9.94 Å². The summed E-state index contributed by atoms with van der Waals surface area (Å²) in [5.41, 5.74) is 6.16. The van der Waals surface area contributed by atoms with Gasteiger partial charge in [-0.15, -0.1) is 11.3 Å². The minimum atomic E-state index is 0.0748. The normalized spacial score (nSPS) is 11.5. The van der Waals surface area contributed by atoms with Crippen LogP contribution < -0.4 is 10.5 Å². The number of hydrogen-bond donors (Lipinski definition) is 2. The van der Waals surface area contributed by atoms with Crippen molar-refractivity contribution in [3.05, 3.63) is 50.6 Å². The maximum atomic E-state index is 8.61. The summed E-state index contributed by atoms with van der Waals surface area (Å²) in [6, 6.07) is 9.42. The molecule has 0 aliphatic heterocycles. The van der Waals surface area contributed by atoms with Crippen molar-refractivity contribution >= 4 is 33.1 Å². The van der Waals surface area contributed by atoms with Crippen LogP contribution in [0.4, 0.5) is 0 Å². The van der Waals surface area contributed by atoms with Crippen LogP contribution in [0.3, 0.4) is 0 Å². The van der Waals surface area contributed by atoms with Crippen molar-refractivity contribution in [1.29, 1.82) is 0 Å². The van der Waals surface area contributed by atoms with Crippen molar-refractivity contribution in [3.8, 4) is 5.75 Å². The molecule has 0 saturated heterocycles. The lowest BCUT2D eigenvalue weighted by molar-refractivity contribution is 0.318. The van der Waals surface area contributed by atoms with Crippen LogP contribution in [-0.2, 0) is 6.42 Å². The Morgan fingerprint density at radius 1 is 1.42 bits per heavy atom. The van der Waals surface area contributed by atoms with Crippen LogP contribution in [0.1, 0.15) is 10.4 Å². The molecule has 0 atom stereocenters. The van der Waals surface area contributed by atoms with Crippen molar-refractivity contribution in [3.63, 3.8) is 0 Å². The van der Waals surface area contributed by atoms with Crippen molar-refractivity contribution in [1.82, 2.24) is 0 Å². The summed E-state index contributed by atoms with van der Waals surface area (Å²) in [7, 11) is 0. The molecule has 1 aromatic heterocycles. The van der Waals surface area contributed by atoms with Crippen LogP contribution in [0.25, 0.3) is 0 Å². The molecule has 0 bridgehead atoms. The Morgan fingerprint density at radius 3 is 2.89 bits per heavy atom. The van der Waals surface area contributed by atoms with Crippen molar-refractivity contribution in [2.45, 2.75) is 6.42 Å². The summed E-state index contributed by atoms with van der Waals surface area (Å²) in [5, 5.41) is 13.6. The number of nitrogens with two attached hydrogens (primary N) is 1. The Kier molecular flexibility index (Phi) is 4.81. The summed E-state index contributed by atoms with van der Waals surface area (Å²) >= 11 is 5.13. The molecule has 4 nitrogen and oxygen atoms in total. The van der Waals surface area contributed by atoms with Crippen LogP contribution >= 0.6 is 27.3 Å². The zero-order valence-electron chi connectivity index (χ0n) is 10.0. The van der Waals surface area contributed by atoms with Gasteiger partial charge in [0, 0.05) is 16.9 Å².